The molecule has 1 rings (SSSR count). The molecule has 0 bridgehead atoms. The van der Waals surface area contributed by atoms with Gasteiger partial charge in [-0.1, -0.05) is 18.2 Å². The van der Waals surface area contributed by atoms with Crippen LogP contribution in [0.3, 0.4) is 0 Å². The Morgan fingerprint density at radius 2 is 2.13 bits per heavy atom. The quantitative estimate of drug-likeness (QED) is 0.756. The van der Waals surface area contributed by atoms with Gasteiger partial charge in [0, 0.05) is 11.6 Å². The molecule has 0 aromatic heterocycles. The molecule has 1 atom stereocenters. The standard InChI is InChI=1S/C12H19NOS/c1-10(13)11-6-3-4-7-12(11)14-8-5-9-15-2/h3-4,6-7,10H,5,8-9,13H2,1-2H3/t10-/m1/s1. The molecular weight excluding hydrogens is 206 g/mol. The molecule has 0 fully saturated rings. The molecule has 0 amide bonds. The van der Waals surface area contributed by atoms with Crippen LogP contribution in [0.25, 0.3) is 0 Å². The van der Waals surface area contributed by atoms with E-state index in [4.69, 9.17) is 10.5 Å². The maximum Gasteiger partial charge on any atom is 0.124 e. The van der Waals surface area contributed by atoms with Crippen LogP contribution in [0, 0.1) is 0 Å². The van der Waals surface area contributed by atoms with Gasteiger partial charge in [0.15, 0.2) is 0 Å². The van der Waals surface area contributed by atoms with Crippen molar-refractivity contribution >= 4 is 11.8 Å². The van der Waals surface area contributed by atoms with Crippen molar-refractivity contribution in [3.05, 3.63) is 29.8 Å². The van der Waals surface area contributed by atoms with E-state index in [0.717, 1.165) is 30.1 Å². The van der Waals surface area contributed by atoms with E-state index in [1.807, 2.05) is 43.0 Å². The van der Waals surface area contributed by atoms with E-state index < -0.39 is 0 Å². The number of hydrogen-bond donors (Lipinski definition) is 1. The lowest BCUT2D eigenvalue weighted by Gasteiger charge is -2.13. The van der Waals surface area contributed by atoms with E-state index >= 15 is 0 Å². The summed E-state index contributed by atoms with van der Waals surface area (Å²) in [7, 11) is 0. The highest BCUT2D eigenvalue weighted by Crippen LogP contribution is 2.23. The number of thioether (sulfide) groups is 1. The molecule has 1 aromatic carbocycles. The van der Waals surface area contributed by atoms with Crippen LogP contribution in [0.2, 0.25) is 0 Å². The molecular formula is C12H19NOS. The van der Waals surface area contributed by atoms with Gasteiger partial charge in [-0.15, -0.1) is 0 Å². The van der Waals surface area contributed by atoms with Gasteiger partial charge in [0.05, 0.1) is 6.61 Å². The number of nitrogens with two attached hydrogens (primary N) is 1. The second-order valence-corrected chi connectivity index (χ2v) is 4.51. The first-order valence-corrected chi connectivity index (χ1v) is 6.61. The average molecular weight is 225 g/mol. The van der Waals surface area contributed by atoms with Crippen molar-refractivity contribution in [2.24, 2.45) is 5.73 Å². The zero-order valence-corrected chi connectivity index (χ0v) is 10.2. The van der Waals surface area contributed by atoms with Crippen molar-refractivity contribution in [3.63, 3.8) is 0 Å². The maximum absolute atomic E-state index is 5.86. The highest BCUT2D eigenvalue weighted by molar-refractivity contribution is 7.98. The summed E-state index contributed by atoms with van der Waals surface area (Å²) in [6.45, 7) is 2.74. The molecule has 84 valence electrons. The van der Waals surface area contributed by atoms with Gasteiger partial charge in [-0.3, -0.25) is 0 Å². The van der Waals surface area contributed by atoms with Crippen LogP contribution in [0.4, 0.5) is 0 Å². The Bertz CT molecular complexity index is 289. The molecule has 0 aliphatic rings. The van der Waals surface area contributed by atoms with Gasteiger partial charge < -0.3 is 10.5 Å². The highest BCUT2D eigenvalue weighted by Gasteiger charge is 2.06. The Hall–Kier alpha value is -0.670. The van der Waals surface area contributed by atoms with Crippen LogP contribution in [0.15, 0.2) is 24.3 Å². The Morgan fingerprint density at radius 3 is 2.80 bits per heavy atom. The summed E-state index contributed by atoms with van der Waals surface area (Å²) in [6.07, 6.45) is 3.18. The van der Waals surface area contributed by atoms with Crippen LogP contribution in [0.1, 0.15) is 24.9 Å². The Balaban J connectivity index is 2.52. The van der Waals surface area contributed by atoms with Gasteiger partial charge in [-0.05, 0) is 31.4 Å². The van der Waals surface area contributed by atoms with E-state index in [0.29, 0.717) is 0 Å². The van der Waals surface area contributed by atoms with Gasteiger partial charge in [-0.2, -0.15) is 11.8 Å². The SMILES string of the molecule is CSCCCOc1ccccc1[C@@H](C)N. The minimum atomic E-state index is 0.0294. The number of rotatable bonds is 6. The monoisotopic (exact) mass is 225 g/mol. The molecule has 0 saturated heterocycles. The van der Waals surface area contributed by atoms with Crippen LogP contribution in [-0.4, -0.2) is 18.6 Å². The van der Waals surface area contributed by atoms with E-state index in [2.05, 4.69) is 6.26 Å². The van der Waals surface area contributed by atoms with Crippen molar-refractivity contribution in [2.45, 2.75) is 19.4 Å². The van der Waals surface area contributed by atoms with Crippen LogP contribution in [0.5, 0.6) is 5.75 Å². The third kappa shape index (κ3) is 4.14. The molecule has 0 aliphatic heterocycles. The first-order chi connectivity index (χ1) is 7.25. The van der Waals surface area contributed by atoms with E-state index in [1.165, 1.54) is 0 Å². The Morgan fingerprint density at radius 1 is 1.40 bits per heavy atom. The lowest BCUT2D eigenvalue weighted by molar-refractivity contribution is 0.314. The van der Waals surface area contributed by atoms with Crippen molar-refractivity contribution < 1.29 is 4.74 Å². The van der Waals surface area contributed by atoms with Crippen LogP contribution < -0.4 is 10.5 Å². The molecule has 3 heteroatoms. The number of hydrogen-bond acceptors (Lipinski definition) is 3. The van der Waals surface area contributed by atoms with Crippen molar-refractivity contribution in [1.82, 2.24) is 0 Å². The summed E-state index contributed by atoms with van der Waals surface area (Å²) >= 11 is 1.84. The molecule has 0 aliphatic carbocycles. The highest BCUT2D eigenvalue weighted by atomic mass is 32.2. The summed E-state index contributed by atoms with van der Waals surface area (Å²) < 4.78 is 5.71. The predicted molar refractivity (Wildman–Crippen MR) is 67.5 cm³/mol. The van der Waals surface area contributed by atoms with Gasteiger partial charge in [0.25, 0.3) is 0 Å². The third-order valence-electron chi connectivity index (χ3n) is 2.16. The molecule has 0 unspecified atom stereocenters. The number of para-hydroxylation sites is 1. The second-order valence-electron chi connectivity index (χ2n) is 3.52. The van der Waals surface area contributed by atoms with E-state index in [-0.39, 0.29) is 6.04 Å². The molecule has 15 heavy (non-hydrogen) atoms. The second kappa shape index (κ2) is 6.75. The molecule has 0 radical (unpaired) electrons. The molecule has 0 saturated carbocycles. The van der Waals surface area contributed by atoms with Crippen molar-refractivity contribution in [3.8, 4) is 5.75 Å². The van der Waals surface area contributed by atoms with Gasteiger partial charge in [0.2, 0.25) is 0 Å². The fourth-order valence-electron chi connectivity index (χ4n) is 1.37. The topological polar surface area (TPSA) is 35.2 Å². The van der Waals surface area contributed by atoms with Gasteiger partial charge in [0.1, 0.15) is 5.75 Å². The lowest BCUT2D eigenvalue weighted by Crippen LogP contribution is -2.08. The maximum atomic E-state index is 5.86. The number of ether oxygens (including phenoxy) is 1. The van der Waals surface area contributed by atoms with Gasteiger partial charge in [-0.25, -0.2) is 0 Å². The van der Waals surface area contributed by atoms with Crippen LogP contribution >= 0.6 is 11.8 Å². The largest absolute Gasteiger partial charge is 0.493 e. The minimum Gasteiger partial charge on any atom is -0.493 e. The van der Waals surface area contributed by atoms with Crippen molar-refractivity contribution in [2.75, 3.05) is 18.6 Å². The Labute approximate surface area is 96.2 Å². The van der Waals surface area contributed by atoms with Crippen molar-refractivity contribution in [1.29, 1.82) is 0 Å². The zero-order chi connectivity index (χ0) is 11.1. The Kier molecular flexibility index (Phi) is 5.58. The smallest absolute Gasteiger partial charge is 0.124 e. The third-order valence-corrected chi connectivity index (χ3v) is 2.86. The molecule has 0 heterocycles. The fraction of sp³-hybridized carbons (Fsp3) is 0.500. The average Bonchev–Trinajstić information content (AvgIpc) is 2.25. The van der Waals surface area contributed by atoms with E-state index in [1.54, 1.807) is 0 Å². The molecule has 2 nitrogen and oxygen atoms in total. The fourth-order valence-corrected chi connectivity index (χ4v) is 1.78. The molecule has 1 aromatic rings. The summed E-state index contributed by atoms with van der Waals surface area (Å²) in [5.74, 6) is 2.06. The first-order valence-electron chi connectivity index (χ1n) is 5.22. The van der Waals surface area contributed by atoms with Crippen LogP contribution in [-0.2, 0) is 0 Å². The predicted octanol–water partition coefficient (Wildman–Crippen LogP) is 2.84. The summed E-state index contributed by atoms with van der Waals surface area (Å²) in [5, 5.41) is 0. The minimum absolute atomic E-state index is 0.0294. The first kappa shape index (κ1) is 12.4. The lowest BCUT2D eigenvalue weighted by atomic mass is 10.1. The molecule has 2 N–H and O–H groups in total. The summed E-state index contributed by atoms with van der Waals surface area (Å²) in [4.78, 5) is 0. The summed E-state index contributed by atoms with van der Waals surface area (Å²) in [5.41, 5.74) is 6.95. The zero-order valence-electron chi connectivity index (χ0n) is 9.40. The summed E-state index contributed by atoms with van der Waals surface area (Å²) in [6, 6.07) is 8.01. The normalized spacial score (nSPS) is 12.5. The number of benzene rings is 1. The van der Waals surface area contributed by atoms with E-state index in [9.17, 15) is 0 Å². The molecule has 0 spiro atoms. The van der Waals surface area contributed by atoms with Gasteiger partial charge >= 0.3 is 0 Å².